The van der Waals surface area contributed by atoms with Gasteiger partial charge in [0.1, 0.15) is 5.75 Å². The molecule has 7 nitrogen and oxygen atoms in total. The third-order valence-electron chi connectivity index (χ3n) is 5.79. The number of amides is 2. The third-order valence-corrected chi connectivity index (χ3v) is 6.72. The Labute approximate surface area is 203 Å². The van der Waals surface area contributed by atoms with Gasteiger partial charge < -0.3 is 19.3 Å². The predicted molar refractivity (Wildman–Crippen MR) is 130 cm³/mol. The molecule has 3 aromatic rings. The number of thiophene rings is 1. The van der Waals surface area contributed by atoms with Gasteiger partial charge in [0.2, 0.25) is 11.8 Å². The molecule has 1 saturated heterocycles. The maximum atomic E-state index is 13.2. The van der Waals surface area contributed by atoms with Gasteiger partial charge in [0.15, 0.2) is 0 Å². The van der Waals surface area contributed by atoms with Gasteiger partial charge in [0, 0.05) is 43.3 Å². The molecule has 0 N–H and O–H groups in total. The van der Waals surface area contributed by atoms with E-state index in [1.807, 2.05) is 53.9 Å². The van der Waals surface area contributed by atoms with Crippen LogP contribution in [0.15, 0.2) is 66.3 Å². The van der Waals surface area contributed by atoms with Crippen LogP contribution < -0.4 is 4.74 Å². The fraction of sp³-hybridized carbons (Fsp3) is 0.346. The first-order chi connectivity index (χ1) is 16.6. The van der Waals surface area contributed by atoms with E-state index < -0.39 is 0 Å². The van der Waals surface area contributed by atoms with E-state index in [-0.39, 0.29) is 24.5 Å². The zero-order valence-corrected chi connectivity index (χ0v) is 20.1. The lowest BCUT2D eigenvalue weighted by atomic mass is 10.2. The quantitative estimate of drug-likeness (QED) is 0.470. The van der Waals surface area contributed by atoms with Gasteiger partial charge in [-0.2, -0.15) is 0 Å². The van der Waals surface area contributed by atoms with Gasteiger partial charge in [-0.15, -0.1) is 11.3 Å². The molecular weight excluding hydrogens is 450 g/mol. The van der Waals surface area contributed by atoms with Crippen LogP contribution in [0.25, 0.3) is 0 Å². The molecule has 2 aromatic heterocycles. The minimum Gasteiger partial charge on any atom is -0.497 e. The summed E-state index contributed by atoms with van der Waals surface area (Å²) in [5.41, 5.74) is 1.95. The lowest BCUT2D eigenvalue weighted by Gasteiger charge is -2.25. The second-order valence-electron chi connectivity index (χ2n) is 8.27. The predicted octanol–water partition coefficient (Wildman–Crippen LogP) is 3.54. The number of nitrogens with zero attached hydrogens (tertiary/aromatic N) is 3. The molecule has 0 saturated carbocycles. The summed E-state index contributed by atoms with van der Waals surface area (Å²) < 4.78 is 11.4. The van der Waals surface area contributed by atoms with E-state index in [2.05, 4.69) is 4.98 Å². The highest BCUT2D eigenvalue weighted by Crippen LogP contribution is 2.18. The van der Waals surface area contributed by atoms with Gasteiger partial charge in [-0.1, -0.05) is 24.3 Å². The summed E-state index contributed by atoms with van der Waals surface area (Å²) in [7, 11) is 1.63. The van der Waals surface area contributed by atoms with E-state index in [9.17, 15) is 9.59 Å². The second-order valence-corrected chi connectivity index (χ2v) is 9.30. The Morgan fingerprint density at radius 3 is 2.68 bits per heavy atom. The average Bonchev–Trinajstić information content (AvgIpc) is 3.34. The van der Waals surface area contributed by atoms with Crippen LogP contribution >= 0.6 is 11.3 Å². The summed E-state index contributed by atoms with van der Waals surface area (Å²) in [5, 5.41) is 2.01. The smallest absolute Gasteiger partial charge is 0.242 e. The van der Waals surface area contributed by atoms with Gasteiger partial charge in [0.05, 0.1) is 26.4 Å². The number of aryl methyl sites for hydroxylation is 1. The Balaban J connectivity index is 1.45. The van der Waals surface area contributed by atoms with Gasteiger partial charge in [0.25, 0.3) is 0 Å². The molecule has 178 valence electrons. The number of pyridine rings is 1. The van der Waals surface area contributed by atoms with E-state index >= 15 is 0 Å². The van der Waals surface area contributed by atoms with Crippen LogP contribution in [0.4, 0.5) is 0 Å². The zero-order valence-electron chi connectivity index (χ0n) is 19.3. The van der Waals surface area contributed by atoms with E-state index in [1.54, 1.807) is 40.6 Å². The summed E-state index contributed by atoms with van der Waals surface area (Å²) >= 11 is 1.64. The zero-order chi connectivity index (χ0) is 23.8. The van der Waals surface area contributed by atoms with Gasteiger partial charge in [-0.25, -0.2) is 0 Å². The van der Waals surface area contributed by atoms with Crippen LogP contribution in [0.3, 0.4) is 0 Å². The van der Waals surface area contributed by atoms with Crippen molar-refractivity contribution in [3.05, 3.63) is 82.3 Å². The van der Waals surface area contributed by atoms with Crippen molar-refractivity contribution in [2.75, 3.05) is 26.7 Å². The van der Waals surface area contributed by atoms with Crippen LogP contribution in [0.2, 0.25) is 0 Å². The first-order valence-electron chi connectivity index (χ1n) is 11.3. The molecule has 4 rings (SSSR count). The number of carbonyl (C=O) groups excluding carboxylic acids is 2. The van der Waals surface area contributed by atoms with Crippen LogP contribution in [-0.4, -0.2) is 59.4 Å². The van der Waals surface area contributed by atoms with Crippen LogP contribution in [0, 0.1) is 0 Å². The van der Waals surface area contributed by atoms with Crippen molar-refractivity contribution < 1.29 is 19.1 Å². The topological polar surface area (TPSA) is 72.0 Å². The lowest BCUT2D eigenvalue weighted by molar-refractivity contribution is -0.139. The van der Waals surface area contributed by atoms with Crippen molar-refractivity contribution in [2.24, 2.45) is 0 Å². The number of rotatable bonds is 9. The fourth-order valence-corrected chi connectivity index (χ4v) is 4.63. The van der Waals surface area contributed by atoms with Gasteiger partial charge >= 0.3 is 0 Å². The van der Waals surface area contributed by atoms with E-state index in [0.29, 0.717) is 39.1 Å². The van der Waals surface area contributed by atoms with Crippen molar-refractivity contribution in [1.29, 1.82) is 0 Å². The summed E-state index contributed by atoms with van der Waals surface area (Å²) in [6.07, 6.45) is 4.24. The molecule has 0 aliphatic carbocycles. The minimum atomic E-state index is -0.296. The number of aromatic nitrogens is 1. The summed E-state index contributed by atoms with van der Waals surface area (Å²) in [6.45, 7) is 1.69. The van der Waals surface area contributed by atoms with E-state index in [1.165, 1.54) is 4.88 Å². The largest absolute Gasteiger partial charge is 0.497 e. The highest BCUT2D eigenvalue weighted by atomic mass is 32.1. The van der Waals surface area contributed by atoms with Crippen LogP contribution in [0.5, 0.6) is 5.75 Å². The highest BCUT2D eigenvalue weighted by Gasteiger charge is 2.30. The molecule has 0 bridgehead atoms. The number of methoxy groups -OCH3 is 1. The monoisotopic (exact) mass is 479 g/mol. The third kappa shape index (κ3) is 6.65. The standard InChI is InChI=1S/C26H29N3O4S/c1-32-22-8-6-20(7-9-22)15-28-16-23(33-19-21-4-2-12-27-14-21)17-29(18-26(28)31)25(30)11-10-24-5-3-13-34-24/h2-9,12-14,23H,10-11,15-19H2,1H3/t23-/m1/s1. The number of hydrogen-bond donors (Lipinski definition) is 0. The van der Waals surface area contributed by atoms with E-state index in [0.717, 1.165) is 16.9 Å². The average molecular weight is 480 g/mol. The minimum absolute atomic E-state index is 0.0250. The number of ether oxygens (including phenoxy) is 2. The first kappa shape index (κ1) is 23.9. The summed E-state index contributed by atoms with van der Waals surface area (Å²) in [5.74, 6) is 0.668. The van der Waals surface area contributed by atoms with Crippen molar-refractivity contribution >= 4 is 23.2 Å². The van der Waals surface area contributed by atoms with Gasteiger partial charge in [-0.3, -0.25) is 14.6 Å². The highest BCUT2D eigenvalue weighted by molar-refractivity contribution is 7.09. The summed E-state index contributed by atoms with van der Waals surface area (Å²) in [6, 6.07) is 15.5. The maximum absolute atomic E-state index is 13.2. The van der Waals surface area contributed by atoms with E-state index in [4.69, 9.17) is 9.47 Å². The molecule has 2 amide bonds. The van der Waals surface area contributed by atoms with Crippen molar-refractivity contribution in [2.45, 2.75) is 32.1 Å². The molecule has 8 heteroatoms. The number of hydrogen-bond acceptors (Lipinski definition) is 6. The van der Waals surface area contributed by atoms with Gasteiger partial charge in [-0.05, 0) is 47.2 Å². The maximum Gasteiger partial charge on any atom is 0.242 e. The molecule has 1 atom stereocenters. The lowest BCUT2D eigenvalue weighted by Crippen LogP contribution is -2.39. The Morgan fingerprint density at radius 1 is 1.12 bits per heavy atom. The molecule has 3 heterocycles. The Hall–Kier alpha value is -3.23. The molecule has 1 aliphatic rings. The van der Waals surface area contributed by atoms with Crippen LogP contribution in [0.1, 0.15) is 22.4 Å². The van der Waals surface area contributed by atoms with Crippen molar-refractivity contribution in [3.8, 4) is 5.75 Å². The molecular formula is C26H29N3O4S. The Kier molecular flexibility index (Phi) is 8.27. The normalized spacial score (nSPS) is 16.4. The number of carbonyl (C=O) groups is 2. The van der Waals surface area contributed by atoms with Crippen molar-refractivity contribution in [3.63, 3.8) is 0 Å². The second kappa shape index (κ2) is 11.8. The molecule has 0 radical (unpaired) electrons. The molecule has 34 heavy (non-hydrogen) atoms. The number of benzene rings is 1. The molecule has 0 spiro atoms. The molecule has 1 fully saturated rings. The summed E-state index contributed by atoms with van der Waals surface area (Å²) in [4.78, 5) is 34.9. The fourth-order valence-electron chi connectivity index (χ4n) is 3.92. The molecule has 1 aliphatic heterocycles. The Morgan fingerprint density at radius 2 is 1.97 bits per heavy atom. The van der Waals surface area contributed by atoms with Crippen LogP contribution in [-0.2, 0) is 33.9 Å². The molecule has 1 aromatic carbocycles. The SMILES string of the molecule is COc1ccc(CN2C[C@@H](OCc3cccnc3)CN(C(=O)CCc3cccs3)CC2=O)cc1. The first-order valence-corrected chi connectivity index (χ1v) is 12.2. The Bertz CT molecular complexity index is 1060. The van der Waals surface area contributed by atoms with Crippen molar-refractivity contribution in [1.82, 2.24) is 14.8 Å². The molecule has 0 unspecified atom stereocenters.